The molecule has 0 spiro atoms. The van der Waals surface area contributed by atoms with Gasteiger partial charge in [0, 0.05) is 6.42 Å². The van der Waals surface area contributed by atoms with Gasteiger partial charge in [-0.25, -0.2) is 0 Å². The number of carbonyl (C=O) groups is 1. The van der Waals surface area contributed by atoms with E-state index >= 15 is 0 Å². The number of esters is 1. The zero-order valence-corrected chi connectivity index (χ0v) is 12.8. The minimum Gasteiger partial charge on any atom is -0.462 e. The Morgan fingerprint density at radius 2 is 2.10 bits per heavy atom. The lowest BCUT2D eigenvalue weighted by Gasteiger charge is -2.21. The first-order valence-corrected chi connectivity index (χ1v) is 7.77. The van der Waals surface area contributed by atoms with Gasteiger partial charge in [-0.3, -0.25) is 4.79 Å². The molecule has 0 aromatic rings. The minimum atomic E-state index is -0.522. The maximum absolute atomic E-state index is 11.1. The van der Waals surface area contributed by atoms with Gasteiger partial charge >= 0.3 is 5.97 Å². The lowest BCUT2D eigenvalue weighted by atomic mass is 10.0. The molecule has 3 heterocycles. The largest absolute Gasteiger partial charge is 0.462 e. The summed E-state index contributed by atoms with van der Waals surface area (Å²) < 4.78 is 22.8. The third-order valence-electron chi connectivity index (χ3n) is 4.42. The predicted octanol–water partition coefficient (Wildman–Crippen LogP) is 2.34. The van der Waals surface area contributed by atoms with Crippen molar-refractivity contribution in [2.24, 2.45) is 0 Å². The zero-order valence-electron chi connectivity index (χ0n) is 12.8. The van der Waals surface area contributed by atoms with Crippen LogP contribution < -0.4 is 0 Å². The molecule has 118 valence electrons. The van der Waals surface area contributed by atoms with Crippen LogP contribution in [0.3, 0.4) is 0 Å². The molecule has 1 unspecified atom stereocenters. The number of hydrogen-bond acceptors (Lipinski definition) is 5. The van der Waals surface area contributed by atoms with Crippen LogP contribution >= 0.6 is 0 Å². The van der Waals surface area contributed by atoms with Crippen LogP contribution in [0.25, 0.3) is 0 Å². The molecule has 3 rings (SSSR count). The smallest absolute Gasteiger partial charge is 0.306 e. The maximum atomic E-state index is 11.1. The molecular formula is C16H24O5. The minimum absolute atomic E-state index is 0.0222. The van der Waals surface area contributed by atoms with E-state index in [4.69, 9.17) is 18.9 Å². The van der Waals surface area contributed by atoms with Gasteiger partial charge < -0.3 is 18.9 Å². The van der Waals surface area contributed by atoms with Crippen molar-refractivity contribution in [1.29, 1.82) is 0 Å². The van der Waals surface area contributed by atoms with E-state index in [0.717, 1.165) is 31.3 Å². The van der Waals surface area contributed by atoms with E-state index in [0.29, 0.717) is 13.0 Å². The second-order valence-electron chi connectivity index (χ2n) is 6.62. The van der Waals surface area contributed by atoms with Gasteiger partial charge in [0.1, 0.15) is 12.2 Å². The zero-order chi connectivity index (χ0) is 15.0. The number of ether oxygens (including phenoxy) is 4. The summed E-state index contributed by atoms with van der Waals surface area (Å²) in [6, 6.07) is 0. The van der Waals surface area contributed by atoms with Crippen LogP contribution in [-0.4, -0.2) is 42.8 Å². The third-order valence-corrected chi connectivity index (χ3v) is 4.42. The summed E-state index contributed by atoms with van der Waals surface area (Å²) in [4.78, 5) is 11.1. The fraction of sp³-hybridized carbons (Fsp3) is 0.812. The van der Waals surface area contributed by atoms with Crippen molar-refractivity contribution in [3.63, 3.8) is 0 Å². The number of carbonyl (C=O) groups excluding carboxylic acids is 1. The molecule has 0 aromatic carbocycles. The summed E-state index contributed by atoms with van der Waals surface area (Å²) in [7, 11) is 0. The van der Waals surface area contributed by atoms with E-state index in [1.807, 2.05) is 13.8 Å². The van der Waals surface area contributed by atoms with E-state index in [-0.39, 0.29) is 30.4 Å². The van der Waals surface area contributed by atoms with Gasteiger partial charge in [0.05, 0.1) is 18.8 Å². The van der Waals surface area contributed by atoms with E-state index in [1.165, 1.54) is 0 Å². The highest BCUT2D eigenvalue weighted by Gasteiger charge is 2.42. The van der Waals surface area contributed by atoms with Crippen LogP contribution in [0.5, 0.6) is 0 Å². The average Bonchev–Trinajstić information content (AvgIpc) is 3.07. The molecule has 3 fully saturated rings. The number of cyclic esters (lactones) is 1. The average molecular weight is 296 g/mol. The Balaban J connectivity index is 1.47. The van der Waals surface area contributed by atoms with Gasteiger partial charge in [-0.05, 0) is 45.1 Å². The first-order chi connectivity index (χ1) is 9.93. The molecule has 5 nitrogen and oxygen atoms in total. The van der Waals surface area contributed by atoms with Gasteiger partial charge in [-0.1, -0.05) is 6.58 Å². The maximum Gasteiger partial charge on any atom is 0.306 e. The molecule has 0 aliphatic carbocycles. The van der Waals surface area contributed by atoms with Crippen molar-refractivity contribution >= 4 is 5.97 Å². The van der Waals surface area contributed by atoms with Gasteiger partial charge in [0.15, 0.2) is 5.79 Å². The van der Waals surface area contributed by atoms with Crippen molar-refractivity contribution in [2.45, 2.75) is 76.2 Å². The van der Waals surface area contributed by atoms with E-state index in [1.54, 1.807) is 0 Å². The highest BCUT2D eigenvalue weighted by Crippen LogP contribution is 2.35. The normalized spacial score (nSPS) is 39.0. The Labute approximate surface area is 125 Å². The molecule has 0 radical (unpaired) electrons. The molecule has 21 heavy (non-hydrogen) atoms. The van der Waals surface area contributed by atoms with Crippen LogP contribution in [-0.2, 0) is 23.7 Å². The highest BCUT2D eigenvalue weighted by molar-refractivity contribution is 5.71. The van der Waals surface area contributed by atoms with Crippen LogP contribution in [0, 0.1) is 0 Å². The molecule has 3 aliphatic heterocycles. The molecule has 0 aromatic heterocycles. The summed E-state index contributed by atoms with van der Waals surface area (Å²) in [5, 5.41) is 0. The van der Waals surface area contributed by atoms with Crippen molar-refractivity contribution in [3.8, 4) is 0 Å². The van der Waals surface area contributed by atoms with Crippen LogP contribution in [0.1, 0.15) is 46.0 Å². The van der Waals surface area contributed by atoms with Crippen molar-refractivity contribution in [3.05, 3.63) is 12.2 Å². The van der Waals surface area contributed by atoms with Gasteiger partial charge in [0.2, 0.25) is 0 Å². The lowest BCUT2D eigenvalue weighted by molar-refractivity contribution is -0.155. The lowest BCUT2D eigenvalue weighted by Crippen LogP contribution is -2.31. The summed E-state index contributed by atoms with van der Waals surface area (Å²) in [5.74, 6) is -0.603. The SMILES string of the molecule is C=C1C[C@H]([C@H]2COC(C)(C)O2)O[C@H]1CCC1CCC(=O)O1. The fourth-order valence-electron chi connectivity index (χ4n) is 3.26. The summed E-state index contributed by atoms with van der Waals surface area (Å²) in [5.41, 5.74) is 1.11. The van der Waals surface area contributed by atoms with E-state index in [9.17, 15) is 4.79 Å². The van der Waals surface area contributed by atoms with Gasteiger partial charge in [0.25, 0.3) is 0 Å². The van der Waals surface area contributed by atoms with E-state index in [2.05, 4.69) is 6.58 Å². The number of rotatable bonds is 4. The van der Waals surface area contributed by atoms with Gasteiger partial charge in [-0.2, -0.15) is 0 Å². The molecular weight excluding hydrogens is 272 g/mol. The monoisotopic (exact) mass is 296 g/mol. The molecule has 0 N–H and O–H groups in total. The highest BCUT2D eigenvalue weighted by atomic mass is 16.7. The van der Waals surface area contributed by atoms with Crippen LogP contribution in [0.2, 0.25) is 0 Å². The quantitative estimate of drug-likeness (QED) is 0.589. The second-order valence-corrected chi connectivity index (χ2v) is 6.62. The Morgan fingerprint density at radius 3 is 2.71 bits per heavy atom. The van der Waals surface area contributed by atoms with E-state index < -0.39 is 5.79 Å². The molecule has 3 saturated heterocycles. The summed E-state index contributed by atoms with van der Waals surface area (Å²) in [6.45, 7) is 8.53. The molecule has 0 saturated carbocycles. The summed E-state index contributed by atoms with van der Waals surface area (Å²) in [6.07, 6.45) is 3.98. The Kier molecular flexibility index (Phi) is 4.08. The Morgan fingerprint density at radius 1 is 1.29 bits per heavy atom. The van der Waals surface area contributed by atoms with Crippen molar-refractivity contribution in [2.75, 3.05) is 6.61 Å². The van der Waals surface area contributed by atoms with Crippen LogP contribution in [0.15, 0.2) is 12.2 Å². The Hall–Kier alpha value is -0.910. The summed E-state index contributed by atoms with van der Waals surface area (Å²) >= 11 is 0. The Bertz CT molecular complexity index is 430. The third kappa shape index (κ3) is 3.47. The second kappa shape index (κ2) is 5.71. The predicted molar refractivity (Wildman–Crippen MR) is 75.7 cm³/mol. The standard InChI is InChI=1S/C16H24O5/c1-10-8-13(14-9-18-16(2,3)21-14)20-12(10)6-4-11-5-7-15(17)19-11/h11-14H,1,4-9H2,2-3H3/t11?,12-,13+,14+/m0/s1. The van der Waals surface area contributed by atoms with Gasteiger partial charge in [-0.15, -0.1) is 0 Å². The number of hydrogen-bond donors (Lipinski definition) is 0. The molecule has 0 amide bonds. The van der Waals surface area contributed by atoms with Crippen LogP contribution in [0.4, 0.5) is 0 Å². The van der Waals surface area contributed by atoms with Crippen molar-refractivity contribution in [1.82, 2.24) is 0 Å². The molecule has 4 atom stereocenters. The molecule has 0 bridgehead atoms. The molecule has 3 aliphatic rings. The molecule has 5 heteroatoms. The first-order valence-electron chi connectivity index (χ1n) is 7.77. The fourth-order valence-corrected chi connectivity index (χ4v) is 3.26. The topological polar surface area (TPSA) is 54.0 Å². The first kappa shape index (κ1) is 15.0. The van der Waals surface area contributed by atoms with Crippen molar-refractivity contribution < 1.29 is 23.7 Å².